The molecule has 4 nitrogen and oxygen atoms in total. The van der Waals surface area contributed by atoms with Crippen molar-refractivity contribution < 1.29 is 18.7 Å². The van der Waals surface area contributed by atoms with Crippen molar-refractivity contribution in [2.45, 2.75) is 6.61 Å². The van der Waals surface area contributed by atoms with Gasteiger partial charge in [-0.05, 0) is 18.2 Å². The van der Waals surface area contributed by atoms with Gasteiger partial charge in [0.25, 0.3) is 0 Å². The van der Waals surface area contributed by atoms with Gasteiger partial charge in [0.2, 0.25) is 0 Å². The predicted octanol–water partition coefficient (Wildman–Crippen LogP) is 4.17. The summed E-state index contributed by atoms with van der Waals surface area (Å²) < 4.78 is 25.0. The molecule has 0 amide bonds. The van der Waals surface area contributed by atoms with Crippen LogP contribution in [0.25, 0.3) is 22.4 Å². The maximum Gasteiger partial charge on any atom is 0.355 e. The molecule has 0 bridgehead atoms. The van der Waals surface area contributed by atoms with Crippen molar-refractivity contribution in [3.8, 4) is 28.1 Å². The van der Waals surface area contributed by atoms with E-state index in [1.54, 1.807) is 18.2 Å². The summed E-state index contributed by atoms with van der Waals surface area (Å²) in [4.78, 5) is 15.3. The Morgan fingerprint density at radius 3 is 2.58 bits per heavy atom. The zero-order valence-electron chi connectivity index (χ0n) is 12.9. The maximum absolute atomic E-state index is 14.4. The first kappa shape index (κ1) is 14.5. The summed E-state index contributed by atoms with van der Waals surface area (Å²) >= 11 is 0. The highest BCUT2D eigenvalue weighted by molar-refractivity contribution is 6.00. The van der Waals surface area contributed by atoms with Crippen molar-refractivity contribution in [3.05, 3.63) is 65.6 Å². The Balaban J connectivity index is 2.02. The fourth-order valence-electron chi connectivity index (χ4n) is 3.08. The molecule has 5 heteroatoms. The molecule has 0 saturated carbocycles. The Labute approximate surface area is 137 Å². The van der Waals surface area contributed by atoms with Gasteiger partial charge in [-0.25, -0.2) is 9.18 Å². The molecule has 2 aromatic carbocycles. The number of benzene rings is 2. The summed E-state index contributed by atoms with van der Waals surface area (Å²) in [6, 6.07) is 13.9. The van der Waals surface area contributed by atoms with E-state index in [1.165, 1.54) is 13.2 Å². The van der Waals surface area contributed by atoms with E-state index in [0.29, 0.717) is 11.1 Å². The number of aromatic amines is 1. The Bertz CT molecular complexity index is 946. The van der Waals surface area contributed by atoms with Crippen LogP contribution in [0.2, 0.25) is 0 Å². The van der Waals surface area contributed by atoms with Gasteiger partial charge >= 0.3 is 5.97 Å². The van der Waals surface area contributed by atoms with E-state index < -0.39 is 11.8 Å². The van der Waals surface area contributed by atoms with Crippen LogP contribution in [0.3, 0.4) is 0 Å². The van der Waals surface area contributed by atoms with Crippen LogP contribution in [0.15, 0.2) is 48.5 Å². The molecule has 120 valence electrons. The van der Waals surface area contributed by atoms with Gasteiger partial charge in [0.1, 0.15) is 23.9 Å². The molecular formula is C19H14FNO3. The lowest BCUT2D eigenvalue weighted by Crippen LogP contribution is -2.06. The number of methoxy groups -OCH3 is 1. The van der Waals surface area contributed by atoms with Crippen molar-refractivity contribution in [1.29, 1.82) is 0 Å². The zero-order chi connectivity index (χ0) is 16.7. The summed E-state index contributed by atoms with van der Waals surface area (Å²) in [5.74, 6) is -0.216. The molecule has 0 spiro atoms. The summed E-state index contributed by atoms with van der Waals surface area (Å²) in [5.41, 5.74) is 3.41. The van der Waals surface area contributed by atoms with Crippen LogP contribution in [0, 0.1) is 5.82 Å². The van der Waals surface area contributed by atoms with E-state index in [4.69, 9.17) is 9.47 Å². The van der Waals surface area contributed by atoms with Crippen LogP contribution in [-0.4, -0.2) is 18.1 Å². The van der Waals surface area contributed by atoms with Gasteiger partial charge in [0.15, 0.2) is 0 Å². The van der Waals surface area contributed by atoms with Gasteiger partial charge in [-0.2, -0.15) is 0 Å². The average molecular weight is 323 g/mol. The van der Waals surface area contributed by atoms with Crippen LogP contribution < -0.4 is 4.74 Å². The molecule has 4 rings (SSSR count). The largest absolute Gasteiger partial charge is 0.488 e. The SMILES string of the molecule is COC(=O)c1[nH]c2c(c1-c1ccccc1F)COc1ccccc1-2. The van der Waals surface area contributed by atoms with Crippen molar-refractivity contribution in [2.24, 2.45) is 0 Å². The average Bonchev–Trinajstić information content (AvgIpc) is 3.01. The maximum atomic E-state index is 14.4. The number of H-pyrrole nitrogens is 1. The standard InChI is InChI=1S/C19H14FNO3/c1-23-19(22)18-16(11-6-2-4-8-14(11)20)13-10-24-15-9-5-3-7-12(15)17(13)21-18/h2-9,21H,10H2,1H3. The smallest absolute Gasteiger partial charge is 0.355 e. The third-order valence-electron chi connectivity index (χ3n) is 4.16. The van der Waals surface area contributed by atoms with E-state index in [9.17, 15) is 9.18 Å². The quantitative estimate of drug-likeness (QED) is 0.720. The lowest BCUT2D eigenvalue weighted by atomic mass is 9.96. The van der Waals surface area contributed by atoms with Crippen molar-refractivity contribution in [1.82, 2.24) is 4.98 Å². The first-order valence-corrected chi connectivity index (χ1v) is 7.51. The molecule has 24 heavy (non-hydrogen) atoms. The molecule has 0 radical (unpaired) electrons. The van der Waals surface area contributed by atoms with Crippen LogP contribution in [-0.2, 0) is 11.3 Å². The molecular weight excluding hydrogens is 309 g/mol. The fraction of sp³-hybridized carbons (Fsp3) is 0.105. The number of carbonyl (C=O) groups excluding carboxylic acids is 1. The lowest BCUT2D eigenvalue weighted by molar-refractivity contribution is 0.0596. The second-order valence-corrected chi connectivity index (χ2v) is 5.48. The van der Waals surface area contributed by atoms with Crippen LogP contribution in [0.5, 0.6) is 5.75 Å². The monoisotopic (exact) mass is 323 g/mol. The zero-order valence-corrected chi connectivity index (χ0v) is 12.9. The Hall–Kier alpha value is -3.08. The minimum atomic E-state index is -0.542. The molecule has 1 N–H and O–H groups in total. The molecule has 0 unspecified atom stereocenters. The Morgan fingerprint density at radius 1 is 1.12 bits per heavy atom. The Kier molecular flexibility index (Phi) is 3.34. The van der Waals surface area contributed by atoms with Crippen molar-refractivity contribution in [2.75, 3.05) is 7.11 Å². The van der Waals surface area contributed by atoms with Crippen LogP contribution >= 0.6 is 0 Å². The van der Waals surface area contributed by atoms with Crippen LogP contribution in [0.4, 0.5) is 4.39 Å². The normalized spacial score (nSPS) is 12.1. The summed E-state index contributed by atoms with van der Waals surface area (Å²) in [7, 11) is 1.30. The Morgan fingerprint density at radius 2 is 1.83 bits per heavy atom. The lowest BCUT2D eigenvalue weighted by Gasteiger charge is -2.18. The fourth-order valence-corrected chi connectivity index (χ4v) is 3.08. The minimum absolute atomic E-state index is 0.230. The highest BCUT2D eigenvalue weighted by Gasteiger charge is 2.29. The topological polar surface area (TPSA) is 51.3 Å². The molecule has 2 heterocycles. The van der Waals surface area contributed by atoms with Crippen molar-refractivity contribution in [3.63, 3.8) is 0 Å². The number of halogens is 1. The van der Waals surface area contributed by atoms with Gasteiger partial charge < -0.3 is 14.5 Å². The predicted molar refractivity (Wildman–Crippen MR) is 87.3 cm³/mol. The number of aromatic nitrogens is 1. The van der Waals surface area contributed by atoms with Gasteiger partial charge in [0.05, 0.1) is 12.8 Å². The molecule has 3 aromatic rings. The molecule has 1 aromatic heterocycles. The highest BCUT2D eigenvalue weighted by atomic mass is 19.1. The second kappa shape index (κ2) is 5.53. The number of carbonyl (C=O) groups is 1. The van der Waals surface area contributed by atoms with E-state index in [2.05, 4.69) is 4.98 Å². The number of hydrogen-bond acceptors (Lipinski definition) is 3. The molecule has 0 saturated heterocycles. The summed E-state index contributed by atoms with van der Waals surface area (Å²) in [5, 5.41) is 0. The van der Waals surface area contributed by atoms with Gasteiger partial charge in [0, 0.05) is 22.3 Å². The molecule has 0 fully saturated rings. The second-order valence-electron chi connectivity index (χ2n) is 5.48. The van der Waals surface area contributed by atoms with E-state index in [-0.39, 0.29) is 12.3 Å². The minimum Gasteiger partial charge on any atom is -0.488 e. The van der Waals surface area contributed by atoms with E-state index >= 15 is 0 Å². The number of para-hydroxylation sites is 1. The molecule has 0 atom stereocenters. The number of fused-ring (bicyclic) bond motifs is 3. The third kappa shape index (κ3) is 2.09. The molecule has 1 aliphatic heterocycles. The van der Waals surface area contributed by atoms with E-state index in [0.717, 1.165) is 22.6 Å². The van der Waals surface area contributed by atoms with Crippen LogP contribution in [0.1, 0.15) is 16.1 Å². The highest BCUT2D eigenvalue weighted by Crippen LogP contribution is 2.43. The van der Waals surface area contributed by atoms with Gasteiger partial charge in [-0.3, -0.25) is 0 Å². The third-order valence-corrected chi connectivity index (χ3v) is 4.16. The number of esters is 1. The summed E-state index contributed by atoms with van der Waals surface area (Å²) in [6.45, 7) is 0.253. The summed E-state index contributed by atoms with van der Waals surface area (Å²) in [6.07, 6.45) is 0. The number of hydrogen-bond donors (Lipinski definition) is 1. The molecule has 0 aliphatic carbocycles. The van der Waals surface area contributed by atoms with E-state index in [1.807, 2.05) is 24.3 Å². The number of ether oxygens (including phenoxy) is 2. The number of nitrogens with one attached hydrogen (secondary N) is 1. The first-order valence-electron chi connectivity index (χ1n) is 7.51. The van der Waals surface area contributed by atoms with Crippen molar-refractivity contribution >= 4 is 5.97 Å². The van der Waals surface area contributed by atoms with Gasteiger partial charge in [-0.15, -0.1) is 0 Å². The molecule has 1 aliphatic rings. The van der Waals surface area contributed by atoms with Gasteiger partial charge in [-0.1, -0.05) is 30.3 Å². The first-order chi connectivity index (χ1) is 11.7. The number of rotatable bonds is 2.